The van der Waals surface area contributed by atoms with Crippen molar-refractivity contribution < 1.29 is 18.7 Å². The predicted molar refractivity (Wildman–Crippen MR) is 140 cm³/mol. The minimum Gasteiger partial charge on any atom is -0.439 e. The van der Waals surface area contributed by atoms with Crippen LogP contribution < -0.4 is 4.74 Å². The minimum atomic E-state index is -0.325. The van der Waals surface area contributed by atoms with Gasteiger partial charge in [0.1, 0.15) is 11.6 Å². The molecular weight excluding hydrogens is 469 g/mol. The van der Waals surface area contributed by atoms with Gasteiger partial charge >= 0.3 is 0 Å². The van der Waals surface area contributed by atoms with Crippen molar-refractivity contribution >= 4 is 5.91 Å². The van der Waals surface area contributed by atoms with E-state index in [1.807, 2.05) is 72.5 Å². The number of hydrogen-bond donors (Lipinski definition) is 0. The van der Waals surface area contributed by atoms with Gasteiger partial charge in [-0.1, -0.05) is 43.3 Å². The monoisotopic (exact) mass is 499 g/mol. The number of hydrogen-bond acceptors (Lipinski definition) is 4. The molecule has 0 N–H and O–H groups in total. The van der Waals surface area contributed by atoms with Gasteiger partial charge in [-0.3, -0.25) is 4.79 Å². The number of aromatic nitrogens is 2. The predicted octanol–water partition coefficient (Wildman–Crippen LogP) is 6.19. The Morgan fingerprint density at radius 3 is 2.41 bits per heavy atom. The third kappa shape index (κ3) is 5.73. The number of amides is 1. The molecule has 1 atom stereocenters. The van der Waals surface area contributed by atoms with Crippen LogP contribution in [0.25, 0.3) is 5.69 Å². The SMILES string of the molecule is CCc1nn(-c2ccc(F)cc2)c(Oc2ccccc2)c1CN(C[C@H]1CCCO1)C(=O)c1ccccc1. The van der Waals surface area contributed by atoms with E-state index in [1.54, 1.807) is 16.8 Å². The second kappa shape index (κ2) is 11.4. The van der Waals surface area contributed by atoms with Gasteiger partial charge in [0.15, 0.2) is 0 Å². The fraction of sp³-hybridized carbons (Fsp3) is 0.267. The van der Waals surface area contributed by atoms with Crippen molar-refractivity contribution in [1.29, 1.82) is 0 Å². The molecule has 0 unspecified atom stereocenters. The second-order valence-electron chi connectivity index (χ2n) is 9.07. The molecule has 190 valence electrons. The molecule has 0 saturated carbocycles. The van der Waals surface area contributed by atoms with Crippen LogP contribution in [0.3, 0.4) is 0 Å². The van der Waals surface area contributed by atoms with Gasteiger partial charge in [-0.2, -0.15) is 5.10 Å². The van der Waals surface area contributed by atoms with E-state index in [0.717, 1.165) is 24.1 Å². The zero-order valence-corrected chi connectivity index (χ0v) is 20.8. The largest absolute Gasteiger partial charge is 0.439 e. The Kier molecular flexibility index (Phi) is 7.61. The van der Waals surface area contributed by atoms with Gasteiger partial charge in [-0.25, -0.2) is 9.07 Å². The van der Waals surface area contributed by atoms with Gasteiger partial charge in [0.25, 0.3) is 5.91 Å². The highest BCUT2D eigenvalue weighted by Crippen LogP contribution is 2.33. The van der Waals surface area contributed by atoms with Crippen LogP contribution in [0.1, 0.15) is 41.4 Å². The standard InChI is InChI=1S/C30H30FN3O3/c1-2-28-27(21-33(20-26-14-9-19-36-26)29(35)22-10-5-3-6-11-22)30(37-25-12-7-4-8-13-25)34(32-28)24-17-15-23(31)16-18-24/h3-8,10-13,15-18,26H,2,9,14,19-21H2,1H3/t26-/m1/s1. The maximum absolute atomic E-state index is 13.7. The van der Waals surface area contributed by atoms with Crippen molar-refractivity contribution in [1.82, 2.24) is 14.7 Å². The van der Waals surface area contributed by atoms with Crippen molar-refractivity contribution in [3.05, 3.63) is 108 Å². The average Bonchev–Trinajstić information content (AvgIpc) is 3.57. The molecule has 1 aliphatic rings. The molecule has 5 rings (SSSR count). The van der Waals surface area contributed by atoms with E-state index in [2.05, 4.69) is 0 Å². The van der Waals surface area contributed by atoms with Gasteiger partial charge in [0.2, 0.25) is 5.88 Å². The maximum Gasteiger partial charge on any atom is 0.254 e. The molecule has 3 aromatic carbocycles. The molecule has 7 heteroatoms. The fourth-order valence-electron chi connectivity index (χ4n) is 4.59. The lowest BCUT2D eigenvalue weighted by molar-refractivity contribution is 0.0505. The van der Waals surface area contributed by atoms with Crippen LogP contribution in [-0.4, -0.2) is 39.8 Å². The summed E-state index contributed by atoms with van der Waals surface area (Å²) in [5.74, 6) is 0.759. The fourth-order valence-corrected chi connectivity index (χ4v) is 4.59. The third-order valence-electron chi connectivity index (χ3n) is 6.49. The van der Waals surface area contributed by atoms with Crippen LogP contribution in [0.5, 0.6) is 11.6 Å². The van der Waals surface area contributed by atoms with E-state index in [-0.39, 0.29) is 17.8 Å². The molecular formula is C30H30FN3O3. The van der Waals surface area contributed by atoms with E-state index in [1.165, 1.54) is 12.1 Å². The van der Waals surface area contributed by atoms with Gasteiger partial charge < -0.3 is 14.4 Å². The summed E-state index contributed by atoms with van der Waals surface area (Å²) in [4.78, 5) is 15.5. The zero-order valence-electron chi connectivity index (χ0n) is 20.8. The Bertz CT molecular complexity index is 1320. The molecule has 1 aromatic heterocycles. The highest BCUT2D eigenvalue weighted by molar-refractivity contribution is 5.94. The lowest BCUT2D eigenvalue weighted by atomic mass is 10.1. The first-order valence-corrected chi connectivity index (χ1v) is 12.7. The van der Waals surface area contributed by atoms with Crippen molar-refractivity contribution in [2.45, 2.75) is 38.8 Å². The van der Waals surface area contributed by atoms with Crippen molar-refractivity contribution in [2.24, 2.45) is 0 Å². The van der Waals surface area contributed by atoms with Crippen molar-refractivity contribution in [3.63, 3.8) is 0 Å². The van der Waals surface area contributed by atoms with Crippen molar-refractivity contribution in [3.8, 4) is 17.3 Å². The Balaban J connectivity index is 1.57. The summed E-state index contributed by atoms with van der Waals surface area (Å²) in [6.07, 6.45) is 2.54. The average molecular weight is 500 g/mol. The number of benzene rings is 3. The zero-order chi connectivity index (χ0) is 25.6. The number of aryl methyl sites for hydroxylation is 1. The first-order valence-electron chi connectivity index (χ1n) is 12.7. The number of nitrogens with zero attached hydrogens (tertiary/aromatic N) is 3. The van der Waals surface area contributed by atoms with E-state index < -0.39 is 0 Å². The smallest absolute Gasteiger partial charge is 0.254 e. The summed E-state index contributed by atoms with van der Waals surface area (Å²) in [6, 6.07) is 24.9. The highest BCUT2D eigenvalue weighted by Gasteiger charge is 2.28. The summed E-state index contributed by atoms with van der Waals surface area (Å²) in [7, 11) is 0. The van der Waals surface area contributed by atoms with Gasteiger partial charge in [-0.15, -0.1) is 0 Å². The van der Waals surface area contributed by atoms with E-state index in [4.69, 9.17) is 14.6 Å². The summed E-state index contributed by atoms with van der Waals surface area (Å²) in [5, 5.41) is 4.84. The molecule has 0 radical (unpaired) electrons. The summed E-state index contributed by atoms with van der Waals surface area (Å²) in [5.41, 5.74) is 2.93. The topological polar surface area (TPSA) is 56.6 Å². The summed E-state index contributed by atoms with van der Waals surface area (Å²) in [6.45, 7) is 3.52. The molecule has 0 aliphatic carbocycles. The van der Waals surface area contributed by atoms with Gasteiger partial charge in [0.05, 0.1) is 29.6 Å². The maximum atomic E-state index is 13.7. The molecule has 4 aromatic rings. The lowest BCUT2D eigenvalue weighted by Crippen LogP contribution is -2.37. The number of carbonyl (C=O) groups is 1. The van der Waals surface area contributed by atoms with Gasteiger partial charge in [-0.05, 0) is 67.8 Å². The molecule has 1 saturated heterocycles. The number of ether oxygens (including phenoxy) is 2. The minimum absolute atomic E-state index is 0.0108. The lowest BCUT2D eigenvalue weighted by Gasteiger charge is -2.26. The van der Waals surface area contributed by atoms with E-state index >= 15 is 0 Å². The molecule has 1 amide bonds. The van der Waals surface area contributed by atoms with E-state index in [0.29, 0.717) is 49.0 Å². The quantitative estimate of drug-likeness (QED) is 0.276. The van der Waals surface area contributed by atoms with Crippen LogP contribution in [0, 0.1) is 5.82 Å². The number of rotatable bonds is 9. The first-order chi connectivity index (χ1) is 18.1. The Morgan fingerprint density at radius 2 is 1.76 bits per heavy atom. The van der Waals surface area contributed by atoms with Crippen molar-refractivity contribution in [2.75, 3.05) is 13.2 Å². The molecule has 6 nitrogen and oxygen atoms in total. The summed E-state index contributed by atoms with van der Waals surface area (Å²) < 4.78 is 27.7. The molecule has 37 heavy (non-hydrogen) atoms. The number of carbonyl (C=O) groups excluding carboxylic acids is 1. The Hall–Kier alpha value is -3.97. The normalized spacial score (nSPS) is 15.0. The van der Waals surface area contributed by atoms with Crippen LogP contribution >= 0.6 is 0 Å². The van der Waals surface area contributed by atoms with Crippen LogP contribution in [-0.2, 0) is 17.7 Å². The summed E-state index contributed by atoms with van der Waals surface area (Å²) >= 11 is 0. The van der Waals surface area contributed by atoms with E-state index in [9.17, 15) is 9.18 Å². The number of halogens is 1. The highest BCUT2D eigenvalue weighted by atomic mass is 19.1. The molecule has 2 heterocycles. The van der Waals surface area contributed by atoms with Crippen LogP contribution in [0.2, 0.25) is 0 Å². The molecule has 0 spiro atoms. The second-order valence-corrected chi connectivity index (χ2v) is 9.07. The number of para-hydroxylation sites is 1. The van der Waals surface area contributed by atoms with Crippen LogP contribution in [0.4, 0.5) is 4.39 Å². The molecule has 1 aliphatic heterocycles. The first kappa shape index (κ1) is 24.7. The third-order valence-corrected chi connectivity index (χ3v) is 6.49. The Morgan fingerprint density at radius 1 is 1.05 bits per heavy atom. The van der Waals surface area contributed by atoms with Gasteiger partial charge in [0, 0.05) is 18.7 Å². The molecule has 1 fully saturated rings. The Labute approximate surface area is 216 Å². The molecule has 0 bridgehead atoms. The van der Waals surface area contributed by atoms with Crippen LogP contribution in [0.15, 0.2) is 84.9 Å².